The number of rotatable bonds is 11. The predicted octanol–water partition coefficient (Wildman–Crippen LogP) is 1.55. The molecule has 124 valence electrons. The lowest BCUT2D eigenvalue weighted by molar-refractivity contribution is 0.00537. The highest BCUT2D eigenvalue weighted by Crippen LogP contribution is 2.27. The topological polar surface area (TPSA) is 72.5 Å². The summed E-state index contributed by atoms with van der Waals surface area (Å²) >= 11 is 5.95. The fraction of sp³-hybridized carbons (Fsp3) is 0.600. The quantitative estimate of drug-likeness (QED) is 0.473. The van der Waals surface area contributed by atoms with Crippen molar-refractivity contribution >= 4 is 17.3 Å². The zero-order valence-corrected chi connectivity index (χ0v) is 13.3. The summed E-state index contributed by atoms with van der Waals surface area (Å²) in [5, 5.41) is 13.5. The lowest BCUT2D eigenvalue weighted by atomic mass is 10.3. The number of methoxy groups -OCH3 is 1. The summed E-state index contributed by atoms with van der Waals surface area (Å²) in [5.41, 5.74) is 0.827. The number of anilines is 1. The molecule has 0 aliphatic carbocycles. The first-order valence-corrected chi connectivity index (χ1v) is 7.59. The van der Waals surface area contributed by atoms with Gasteiger partial charge in [-0.3, -0.25) is 0 Å². The summed E-state index contributed by atoms with van der Waals surface area (Å²) in [6.45, 7) is 3.00. The van der Waals surface area contributed by atoms with Gasteiger partial charge in [-0.2, -0.15) is 0 Å². The fourth-order valence-corrected chi connectivity index (χ4v) is 1.98. The van der Waals surface area contributed by atoms with Crippen molar-refractivity contribution in [3.05, 3.63) is 23.2 Å². The number of nitrogens with one attached hydrogen (secondary N) is 1. The maximum atomic E-state index is 9.84. The molecule has 6 nitrogen and oxygen atoms in total. The molecule has 2 rings (SSSR count). The SMILES string of the molecule is COc1cc(NCC(O)COCCOCC2CO2)ccc1Cl. The van der Waals surface area contributed by atoms with Crippen LogP contribution in [0.1, 0.15) is 0 Å². The second-order valence-electron chi connectivity index (χ2n) is 4.99. The van der Waals surface area contributed by atoms with Crippen LogP contribution in [0, 0.1) is 0 Å². The smallest absolute Gasteiger partial charge is 0.139 e. The molecule has 2 unspecified atom stereocenters. The molecule has 7 heteroatoms. The van der Waals surface area contributed by atoms with Gasteiger partial charge >= 0.3 is 0 Å². The molecule has 0 saturated carbocycles. The monoisotopic (exact) mass is 331 g/mol. The van der Waals surface area contributed by atoms with E-state index in [1.165, 1.54) is 0 Å². The summed E-state index contributed by atoms with van der Waals surface area (Å²) in [5.74, 6) is 0.592. The fourth-order valence-electron chi connectivity index (χ4n) is 1.78. The third-order valence-corrected chi connectivity index (χ3v) is 3.39. The van der Waals surface area contributed by atoms with Crippen molar-refractivity contribution in [1.82, 2.24) is 0 Å². The van der Waals surface area contributed by atoms with E-state index in [1.54, 1.807) is 19.2 Å². The Morgan fingerprint density at radius 3 is 2.91 bits per heavy atom. The number of benzene rings is 1. The molecule has 0 bridgehead atoms. The summed E-state index contributed by atoms with van der Waals surface area (Å²) in [7, 11) is 1.56. The molecule has 0 amide bonds. The van der Waals surface area contributed by atoms with Gasteiger partial charge in [0.1, 0.15) is 11.9 Å². The van der Waals surface area contributed by atoms with E-state index in [-0.39, 0.29) is 12.7 Å². The van der Waals surface area contributed by atoms with Gasteiger partial charge in [0.15, 0.2) is 0 Å². The van der Waals surface area contributed by atoms with Gasteiger partial charge in [0, 0.05) is 18.3 Å². The van der Waals surface area contributed by atoms with E-state index in [2.05, 4.69) is 5.32 Å². The molecule has 1 heterocycles. The van der Waals surface area contributed by atoms with Gasteiger partial charge in [-0.1, -0.05) is 11.6 Å². The molecule has 1 aliphatic heterocycles. The van der Waals surface area contributed by atoms with Crippen LogP contribution in [-0.4, -0.2) is 64.0 Å². The molecule has 1 aliphatic rings. The summed E-state index contributed by atoms with van der Waals surface area (Å²) in [6.07, 6.45) is -0.334. The Balaban J connectivity index is 1.55. The predicted molar refractivity (Wildman–Crippen MR) is 83.9 cm³/mol. The van der Waals surface area contributed by atoms with Crippen molar-refractivity contribution < 1.29 is 24.1 Å². The van der Waals surface area contributed by atoms with E-state index in [1.807, 2.05) is 6.07 Å². The third kappa shape index (κ3) is 6.37. The normalized spacial score (nSPS) is 18.0. The van der Waals surface area contributed by atoms with Gasteiger partial charge in [0.2, 0.25) is 0 Å². The van der Waals surface area contributed by atoms with E-state index in [0.29, 0.717) is 37.1 Å². The Hall–Kier alpha value is -1.05. The first-order valence-electron chi connectivity index (χ1n) is 7.21. The van der Waals surface area contributed by atoms with E-state index in [9.17, 15) is 5.11 Å². The van der Waals surface area contributed by atoms with E-state index in [4.69, 9.17) is 30.5 Å². The minimum absolute atomic E-state index is 0.251. The number of hydrogen-bond donors (Lipinski definition) is 2. The van der Waals surface area contributed by atoms with E-state index in [0.717, 1.165) is 12.3 Å². The molecule has 1 aromatic carbocycles. The molecular formula is C15H22ClNO5. The van der Waals surface area contributed by atoms with Gasteiger partial charge < -0.3 is 29.4 Å². The Kier molecular flexibility index (Phi) is 7.21. The average Bonchev–Trinajstić information content (AvgIpc) is 3.34. The molecule has 2 atom stereocenters. The molecule has 1 fully saturated rings. The second-order valence-corrected chi connectivity index (χ2v) is 5.40. The average molecular weight is 332 g/mol. The van der Waals surface area contributed by atoms with Crippen molar-refractivity contribution in [2.24, 2.45) is 0 Å². The number of epoxide rings is 1. The highest BCUT2D eigenvalue weighted by molar-refractivity contribution is 6.32. The van der Waals surface area contributed by atoms with Crippen molar-refractivity contribution in [1.29, 1.82) is 0 Å². The van der Waals surface area contributed by atoms with Crippen molar-refractivity contribution in [2.75, 3.05) is 52.0 Å². The molecule has 0 aromatic heterocycles. The molecule has 1 aromatic rings. The summed E-state index contributed by atoms with van der Waals surface area (Å²) < 4.78 is 20.8. The summed E-state index contributed by atoms with van der Waals surface area (Å²) in [6, 6.07) is 5.35. The van der Waals surface area contributed by atoms with Crippen LogP contribution >= 0.6 is 11.6 Å². The zero-order valence-electron chi connectivity index (χ0n) is 12.6. The highest BCUT2D eigenvalue weighted by atomic mass is 35.5. The largest absolute Gasteiger partial charge is 0.495 e. The minimum atomic E-state index is -0.603. The number of hydrogen-bond acceptors (Lipinski definition) is 6. The van der Waals surface area contributed by atoms with Gasteiger partial charge in [0.25, 0.3) is 0 Å². The molecule has 0 spiro atoms. The minimum Gasteiger partial charge on any atom is -0.495 e. The second kappa shape index (κ2) is 9.17. The van der Waals surface area contributed by atoms with Gasteiger partial charge in [-0.15, -0.1) is 0 Å². The van der Waals surface area contributed by atoms with Crippen molar-refractivity contribution in [3.8, 4) is 5.75 Å². The number of ether oxygens (including phenoxy) is 4. The van der Waals surface area contributed by atoms with Crippen LogP contribution in [-0.2, 0) is 14.2 Å². The van der Waals surface area contributed by atoms with Crippen LogP contribution in [0.3, 0.4) is 0 Å². The summed E-state index contributed by atoms with van der Waals surface area (Å²) in [4.78, 5) is 0. The van der Waals surface area contributed by atoms with E-state index < -0.39 is 6.10 Å². The van der Waals surface area contributed by atoms with Crippen LogP contribution in [0.25, 0.3) is 0 Å². The van der Waals surface area contributed by atoms with Crippen molar-refractivity contribution in [2.45, 2.75) is 12.2 Å². The molecule has 0 radical (unpaired) electrons. The maximum Gasteiger partial charge on any atom is 0.139 e. The van der Waals surface area contributed by atoms with Crippen LogP contribution in [0.15, 0.2) is 18.2 Å². The Bertz CT molecular complexity index is 456. The maximum absolute atomic E-state index is 9.84. The lowest BCUT2D eigenvalue weighted by Gasteiger charge is -2.14. The first kappa shape index (κ1) is 17.3. The van der Waals surface area contributed by atoms with Crippen LogP contribution in [0.4, 0.5) is 5.69 Å². The highest BCUT2D eigenvalue weighted by Gasteiger charge is 2.21. The van der Waals surface area contributed by atoms with E-state index >= 15 is 0 Å². The third-order valence-electron chi connectivity index (χ3n) is 3.08. The molecule has 2 N–H and O–H groups in total. The number of aliphatic hydroxyl groups excluding tert-OH is 1. The Morgan fingerprint density at radius 2 is 2.18 bits per heavy atom. The zero-order chi connectivity index (χ0) is 15.8. The Morgan fingerprint density at radius 1 is 1.41 bits per heavy atom. The van der Waals surface area contributed by atoms with Crippen molar-refractivity contribution in [3.63, 3.8) is 0 Å². The van der Waals surface area contributed by atoms with Gasteiger partial charge in [-0.25, -0.2) is 0 Å². The molecule has 22 heavy (non-hydrogen) atoms. The standard InChI is InChI=1S/C15H22ClNO5/c1-19-15-6-11(2-3-14(15)16)17-7-12(18)8-20-4-5-21-9-13-10-22-13/h2-3,6,12-13,17-18H,4-5,7-10H2,1H3. The number of halogens is 1. The molecule has 1 saturated heterocycles. The lowest BCUT2D eigenvalue weighted by Crippen LogP contribution is -2.25. The molecular weight excluding hydrogens is 310 g/mol. The Labute approximate surface area is 135 Å². The van der Waals surface area contributed by atoms with Gasteiger partial charge in [-0.05, 0) is 12.1 Å². The van der Waals surface area contributed by atoms with Crippen LogP contribution < -0.4 is 10.1 Å². The van der Waals surface area contributed by atoms with Crippen LogP contribution in [0.5, 0.6) is 5.75 Å². The van der Waals surface area contributed by atoms with Gasteiger partial charge in [0.05, 0.1) is 51.3 Å². The number of aliphatic hydroxyl groups is 1. The first-order chi connectivity index (χ1) is 10.7. The van der Waals surface area contributed by atoms with Crippen LogP contribution in [0.2, 0.25) is 5.02 Å².